The predicted molar refractivity (Wildman–Crippen MR) is 82.6 cm³/mol. The zero-order valence-electron chi connectivity index (χ0n) is 11.3. The Labute approximate surface area is 126 Å². The van der Waals surface area contributed by atoms with E-state index >= 15 is 0 Å². The topological polar surface area (TPSA) is 35.2 Å². The summed E-state index contributed by atoms with van der Waals surface area (Å²) in [6.45, 7) is 2.06. The van der Waals surface area contributed by atoms with Gasteiger partial charge in [0.1, 0.15) is 17.3 Å². The highest BCUT2D eigenvalue weighted by Gasteiger charge is 2.09. The zero-order valence-corrected chi connectivity index (χ0v) is 12.9. The van der Waals surface area contributed by atoms with E-state index < -0.39 is 0 Å². The van der Waals surface area contributed by atoms with E-state index in [9.17, 15) is 4.39 Å². The first-order valence-electron chi connectivity index (χ1n) is 6.56. The van der Waals surface area contributed by atoms with Crippen molar-refractivity contribution in [1.29, 1.82) is 0 Å². The molecule has 2 aromatic rings. The second-order valence-corrected chi connectivity index (χ2v) is 5.51. The van der Waals surface area contributed by atoms with Crippen LogP contribution < -0.4 is 10.5 Å². The minimum atomic E-state index is -0.307. The molecule has 1 atom stereocenters. The normalized spacial score (nSPS) is 12.2. The van der Waals surface area contributed by atoms with Crippen molar-refractivity contribution in [2.75, 3.05) is 0 Å². The molecule has 0 heterocycles. The number of benzene rings is 2. The van der Waals surface area contributed by atoms with Crippen LogP contribution in [-0.2, 0) is 6.42 Å². The minimum absolute atomic E-state index is 0.111. The standard InChI is InChI=1S/C16H17BrFNO/c1-2-12(19)9-11-5-3-4-6-16(11)20-13-7-8-15(18)14(17)10-13/h3-8,10,12H,2,9,19H2,1H3. The van der Waals surface area contributed by atoms with Gasteiger partial charge in [0.05, 0.1) is 4.47 Å². The van der Waals surface area contributed by atoms with Crippen LogP contribution in [0.3, 0.4) is 0 Å². The van der Waals surface area contributed by atoms with Crippen molar-refractivity contribution >= 4 is 15.9 Å². The molecule has 0 fully saturated rings. The van der Waals surface area contributed by atoms with Crippen molar-refractivity contribution in [3.63, 3.8) is 0 Å². The van der Waals surface area contributed by atoms with E-state index in [4.69, 9.17) is 10.5 Å². The number of para-hydroxylation sites is 1. The Morgan fingerprint density at radius 2 is 2.00 bits per heavy atom. The Morgan fingerprint density at radius 1 is 1.25 bits per heavy atom. The Hall–Kier alpha value is -1.39. The molecule has 20 heavy (non-hydrogen) atoms. The number of rotatable bonds is 5. The Morgan fingerprint density at radius 3 is 2.70 bits per heavy atom. The average Bonchev–Trinajstić information content (AvgIpc) is 2.45. The molecule has 1 unspecified atom stereocenters. The smallest absolute Gasteiger partial charge is 0.137 e. The van der Waals surface area contributed by atoms with Gasteiger partial charge in [-0.3, -0.25) is 0 Å². The molecule has 0 saturated carbocycles. The number of nitrogens with two attached hydrogens (primary N) is 1. The Kier molecular flexibility index (Phi) is 5.15. The molecule has 0 spiro atoms. The van der Waals surface area contributed by atoms with Gasteiger partial charge in [0.15, 0.2) is 0 Å². The maximum absolute atomic E-state index is 13.2. The molecule has 0 aromatic heterocycles. The molecule has 2 aromatic carbocycles. The molecule has 0 aliphatic carbocycles. The van der Waals surface area contributed by atoms with Crippen LogP contribution in [0.25, 0.3) is 0 Å². The van der Waals surface area contributed by atoms with Crippen LogP contribution in [0, 0.1) is 5.82 Å². The maximum atomic E-state index is 13.2. The van der Waals surface area contributed by atoms with E-state index in [1.54, 1.807) is 12.1 Å². The van der Waals surface area contributed by atoms with Gasteiger partial charge in [-0.05, 0) is 58.6 Å². The van der Waals surface area contributed by atoms with Gasteiger partial charge in [0.25, 0.3) is 0 Å². The number of hydrogen-bond donors (Lipinski definition) is 1. The van der Waals surface area contributed by atoms with Crippen LogP contribution in [0.2, 0.25) is 0 Å². The first-order chi connectivity index (χ1) is 9.60. The lowest BCUT2D eigenvalue weighted by Gasteiger charge is -2.14. The molecule has 0 aliphatic rings. The summed E-state index contributed by atoms with van der Waals surface area (Å²) in [7, 11) is 0. The van der Waals surface area contributed by atoms with E-state index in [2.05, 4.69) is 22.9 Å². The number of ether oxygens (including phenoxy) is 1. The largest absolute Gasteiger partial charge is 0.457 e. The number of hydrogen-bond acceptors (Lipinski definition) is 2. The van der Waals surface area contributed by atoms with Crippen molar-refractivity contribution in [3.8, 4) is 11.5 Å². The van der Waals surface area contributed by atoms with Crippen molar-refractivity contribution in [2.45, 2.75) is 25.8 Å². The van der Waals surface area contributed by atoms with Gasteiger partial charge in [0.2, 0.25) is 0 Å². The predicted octanol–water partition coefficient (Wildman–Crippen LogP) is 4.66. The van der Waals surface area contributed by atoms with Crippen molar-refractivity contribution in [1.82, 2.24) is 0 Å². The first kappa shape index (κ1) is 15.0. The third kappa shape index (κ3) is 3.81. The lowest BCUT2D eigenvalue weighted by molar-refractivity contribution is 0.469. The summed E-state index contributed by atoms with van der Waals surface area (Å²) >= 11 is 3.15. The van der Waals surface area contributed by atoms with Gasteiger partial charge in [-0.1, -0.05) is 25.1 Å². The molecule has 2 nitrogen and oxygen atoms in total. The first-order valence-corrected chi connectivity index (χ1v) is 7.36. The molecule has 0 radical (unpaired) electrons. The highest BCUT2D eigenvalue weighted by atomic mass is 79.9. The zero-order chi connectivity index (χ0) is 14.5. The summed E-state index contributed by atoms with van der Waals surface area (Å²) in [4.78, 5) is 0. The summed E-state index contributed by atoms with van der Waals surface area (Å²) in [5, 5.41) is 0. The third-order valence-electron chi connectivity index (χ3n) is 3.10. The molecule has 0 saturated heterocycles. The van der Waals surface area contributed by atoms with Gasteiger partial charge in [-0.25, -0.2) is 4.39 Å². The highest BCUT2D eigenvalue weighted by molar-refractivity contribution is 9.10. The van der Waals surface area contributed by atoms with Crippen molar-refractivity contribution < 1.29 is 9.13 Å². The quantitative estimate of drug-likeness (QED) is 0.861. The molecule has 2 rings (SSSR count). The van der Waals surface area contributed by atoms with E-state index in [-0.39, 0.29) is 11.9 Å². The molecule has 106 valence electrons. The fourth-order valence-electron chi connectivity index (χ4n) is 1.87. The van der Waals surface area contributed by atoms with Gasteiger partial charge in [-0.2, -0.15) is 0 Å². The van der Waals surface area contributed by atoms with Crippen LogP contribution in [0.1, 0.15) is 18.9 Å². The van der Waals surface area contributed by atoms with E-state index in [1.807, 2.05) is 24.3 Å². The SMILES string of the molecule is CCC(N)Cc1ccccc1Oc1ccc(F)c(Br)c1. The molecule has 0 amide bonds. The lowest BCUT2D eigenvalue weighted by atomic mass is 10.0. The fourth-order valence-corrected chi connectivity index (χ4v) is 2.22. The van der Waals surface area contributed by atoms with Crippen molar-refractivity contribution in [3.05, 3.63) is 58.3 Å². The molecular formula is C16H17BrFNO. The lowest BCUT2D eigenvalue weighted by Crippen LogP contribution is -2.21. The van der Waals surface area contributed by atoms with Crippen LogP contribution in [-0.4, -0.2) is 6.04 Å². The van der Waals surface area contributed by atoms with E-state index in [0.29, 0.717) is 10.2 Å². The van der Waals surface area contributed by atoms with Crippen LogP contribution in [0.15, 0.2) is 46.9 Å². The van der Waals surface area contributed by atoms with Crippen molar-refractivity contribution in [2.24, 2.45) is 5.73 Å². The van der Waals surface area contributed by atoms with Crippen LogP contribution in [0.5, 0.6) is 11.5 Å². The average molecular weight is 338 g/mol. The summed E-state index contributed by atoms with van der Waals surface area (Å²) < 4.78 is 19.4. The molecule has 0 bridgehead atoms. The second kappa shape index (κ2) is 6.86. The van der Waals surface area contributed by atoms with Gasteiger partial charge in [-0.15, -0.1) is 0 Å². The molecule has 2 N–H and O–H groups in total. The van der Waals surface area contributed by atoms with Gasteiger partial charge >= 0.3 is 0 Å². The third-order valence-corrected chi connectivity index (χ3v) is 3.71. The second-order valence-electron chi connectivity index (χ2n) is 4.66. The minimum Gasteiger partial charge on any atom is -0.457 e. The fraction of sp³-hybridized carbons (Fsp3) is 0.250. The van der Waals surface area contributed by atoms with Crippen LogP contribution >= 0.6 is 15.9 Å². The Bertz CT molecular complexity index is 588. The summed E-state index contributed by atoms with van der Waals surface area (Å²) in [6, 6.07) is 12.5. The summed E-state index contributed by atoms with van der Waals surface area (Å²) in [5.41, 5.74) is 7.06. The monoisotopic (exact) mass is 337 g/mol. The molecule has 4 heteroatoms. The number of halogens is 2. The molecular weight excluding hydrogens is 321 g/mol. The van der Waals surface area contributed by atoms with E-state index in [0.717, 1.165) is 24.2 Å². The van der Waals surface area contributed by atoms with Gasteiger partial charge in [0, 0.05) is 6.04 Å². The van der Waals surface area contributed by atoms with Crippen LogP contribution in [0.4, 0.5) is 4.39 Å². The summed E-state index contributed by atoms with van der Waals surface area (Å²) in [5.74, 6) is 1.05. The highest BCUT2D eigenvalue weighted by Crippen LogP contribution is 2.29. The maximum Gasteiger partial charge on any atom is 0.137 e. The van der Waals surface area contributed by atoms with E-state index in [1.165, 1.54) is 6.07 Å². The van der Waals surface area contributed by atoms with Gasteiger partial charge < -0.3 is 10.5 Å². The Balaban J connectivity index is 2.22. The molecule has 0 aliphatic heterocycles. The summed E-state index contributed by atoms with van der Waals surface area (Å²) in [6.07, 6.45) is 1.67.